The van der Waals surface area contributed by atoms with Crippen LogP contribution < -0.4 is 4.74 Å². The highest BCUT2D eigenvalue weighted by atomic mass is 35.5. The van der Waals surface area contributed by atoms with Gasteiger partial charge in [-0.15, -0.1) is 0 Å². The van der Waals surface area contributed by atoms with Gasteiger partial charge in [-0.3, -0.25) is 4.79 Å². The van der Waals surface area contributed by atoms with E-state index in [9.17, 15) is 4.79 Å². The molecule has 0 N–H and O–H groups in total. The first-order chi connectivity index (χ1) is 8.63. The lowest BCUT2D eigenvalue weighted by molar-refractivity contribution is 0.0904. The van der Waals surface area contributed by atoms with E-state index in [1.807, 2.05) is 0 Å². The molecule has 0 atom stereocenters. The van der Waals surface area contributed by atoms with E-state index in [1.54, 1.807) is 25.3 Å². The molecule has 0 aromatic heterocycles. The highest BCUT2D eigenvalue weighted by molar-refractivity contribution is 6.34. The van der Waals surface area contributed by atoms with E-state index in [0.717, 1.165) is 25.7 Å². The average molecular weight is 269 g/mol. The average Bonchev–Trinajstić information content (AvgIpc) is 2.38. The SMILES string of the molecule is CCCC(CCC)C(=O)c1cc(OC)ccc1Cl. The van der Waals surface area contributed by atoms with Crippen LogP contribution in [0.4, 0.5) is 0 Å². The summed E-state index contributed by atoms with van der Waals surface area (Å²) in [7, 11) is 1.59. The minimum Gasteiger partial charge on any atom is -0.497 e. The Labute approximate surface area is 114 Å². The number of hydrogen-bond acceptors (Lipinski definition) is 2. The van der Waals surface area contributed by atoms with Gasteiger partial charge in [0.2, 0.25) is 0 Å². The minimum atomic E-state index is 0.0737. The van der Waals surface area contributed by atoms with Gasteiger partial charge in [-0.1, -0.05) is 38.3 Å². The zero-order valence-corrected chi connectivity index (χ0v) is 12.1. The topological polar surface area (TPSA) is 26.3 Å². The Morgan fingerprint density at radius 3 is 2.39 bits per heavy atom. The molecule has 0 amide bonds. The standard InChI is InChI=1S/C15H21ClO2/c1-4-6-11(7-5-2)15(17)13-10-12(18-3)8-9-14(13)16/h8-11H,4-7H2,1-3H3. The number of carbonyl (C=O) groups excluding carboxylic acids is 1. The zero-order chi connectivity index (χ0) is 13.5. The first kappa shape index (κ1) is 15.0. The number of methoxy groups -OCH3 is 1. The summed E-state index contributed by atoms with van der Waals surface area (Å²) in [5, 5.41) is 0.512. The quantitative estimate of drug-likeness (QED) is 0.667. The van der Waals surface area contributed by atoms with E-state index in [2.05, 4.69) is 13.8 Å². The molecule has 3 heteroatoms. The number of benzene rings is 1. The molecule has 1 rings (SSSR count). The molecule has 0 saturated heterocycles. The molecule has 0 fully saturated rings. The van der Waals surface area contributed by atoms with Crippen molar-refractivity contribution < 1.29 is 9.53 Å². The molecule has 0 bridgehead atoms. The third-order valence-electron chi connectivity index (χ3n) is 3.08. The normalized spacial score (nSPS) is 10.7. The third kappa shape index (κ3) is 3.74. The fourth-order valence-corrected chi connectivity index (χ4v) is 2.35. The third-order valence-corrected chi connectivity index (χ3v) is 3.41. The molecule has 1 aromatic rings. The van der Waals surface area contributed by atoms with Crippen molar-refractivity contribution in [3.05, 3.63) is 28.8 Å². The van der Waals surface area contributed by atoms with Crippen molar-refractivity contribution in [1.82, 2.24) is 0 Å². The molecule has 0 unspecified atom stereocenters. The number of carbonyl (C=O) groups is 1. The zero-order valence-electron chi connectivity index (χ0n) is 11.3. The number of ketones is 1. The summed E-state index contributed by atoms with van der Waals surface area (Å²) in [5.41, 5.74) is 0.586. The largest absolute Gasteiger partial charge is 0.497 e. The van der Waals surface area contributed by atoms with Crippen LogP contribution in [0.2, 0.25) is 5.02 Å². The Morgan fingerprint density at radius 1 is 1.28 bits per heavy atom. The van der Waals surface area contributed by atoms with Crippen LogP contribution in [0, 0.1) is 5.92 Å². The summed E-state index contributed by atoms with van der Waals surface area (Å²) in [5.74, 6) is 0.890. The van der Waals surface area contributed by atoms with Crippen LogP contribution in [-0.2, 0) is 0 Å². The monoisotopic (exact) mass is 268 g/mol. The predicted molar refractivity (Wildman–Crippen MR) is 75.6 cm³/mol. The Bertz CT molecular complexity index is 395. The number of rotatable bonds is 7. The maximum absolute atomic E-state index is 12.5. The highest BCUT2D eigenvalue weighted by Gasteiger charge is 2.21. The van der Waals surface area contributed by atoms with E-state index >= 15 is 0 Å². The summed E-state index contributed by atoms with van der Waals surface area (Å²) in [6.07, 6.45) is 3.86. The lowest BCUT2D eigenvalue weighted by Crippen LogP contribution is -2.15. The second kappa shape index (κ2) is 7.42. The van der Waals surface area contributed by atoms with Gasteiger partial charge in [-0.25, -0.2) is 0 Å². The van der Waals surface area contributed by atoms with Gasteiger partial charge in [0.25, 0.3) is 0 Å². The predicted octanol–water partition coefficient (Wildman–Crippen LogP) is 4.75. The fraction of sp³-hybridized carbons (Fsp3) is 0.533. The molecule has 0 saturated carbocycles. The molecule has 1 aromatic carbocycles. The smallest absolute Gasteiger partial charge is 0.167 e. The lowest BCUT2D eigenvalue weighted by Gasteiger charge is -2.15. The van der Waals surface area contributed by atoms with Crippen LogP contribution in [0.15, 0.2) is 18.2 Å². The van der Waals surface area contributed by atoms with Crippen LogP contribution in [0.3, 0.4) is 0 Å². The van der Waals surface area contributed by atoms with E-state index in [1.165, 1.54) is 0 Å². The second-order valence-corrected chi connectivity index (χ2v) is 4.89. The fourth-order valence-electron chi connectivity index (χ4n) is 2.14. The summed E-state index contributed by atoms with van der Waals surface area (Å²) >= 11 is 6.12. The molecule has 2 nitrogen and oxygen atoms in total. The van der Waals surface area contributed by atoms with Crippen molar-refractivity contribution in [2.75, 3.05) is 7.11 Å². The molecule has 0 aliphatic carbocycles. The maximum atomic E-state index is 12.5. The van der Waals surface area contributed by atoms with Crippen LogP contribution >= 0.6 is 11.6 Å². The Balaban J connectivity index is 2.99. The molecule has 0 aliphatic heterocycles. The number of hydrogen-bond donors (Lipinski definition) is 0. The Hall–Kier alpha value is -1.02. The lowest BCUT2D eigenvalue weighted by atomic mass is 9.90. The highest BCUT2D eigenvalue weighted by Crippen LogP contribution is 2.27. The maximum Gasteiger partial charge on any atom is 0.167 e. The van der Waals surface area contributed by atoms with Gasteiger partial charge in [0.1, 0.15) is 5.75 Å². The summed E-state index contributed by atoms with van der Waals surface area (Å²) in [6, 6.07) is 5.24. The number of Topliss-reactive ketones (excluding diaryl/α,β-unsaturated/α-hetero) is 1. The van der Waals surface area contributed by atoms with Gasteiger partial charge >= 0.3 is 0 Å². The molecular formula is C15H21ClO2. The Morgan fingerprint density at radius 2 is 1.89 bits per heavy atom. The van der Waals surface area contributed by atoms with Crippen molar-refractivity contribution in [2.45, 2.75) is 39.5 Å². The van der Waals surface area contributed by atoms with Gasteiger partial charge < -0.3 is 4.74 Å². The first-order valence-electron chi connectivity index (χ1n) is 6.51. The Kier molecular flexibility index (Phi) is 6.20. The molecule has 0 aliphatic rings. The van der Waals surface area contributed by atoms with E-state index in [4.69, 9.17) is 16.3 Å². The van der Waals surface area contributed by atoms with Gasteiger partial charge in [0.15, 0.2) is 5.78 Å². The van der Waals surface area contributed by atoms with Crippen LogP contribution in [-0.4, -0.2) is 12.9 Å². The number of halogens is 1. The van der Waals surface area contributed by atoms with Crippen LogP contribution in [0.1, 0.15) is 49.9 Å². The van der Waals surface area contributed by atoms with Gasteiger partial charge in [0, 0.05) is 11.5 Å². The molecule has 0 heterocycles. The van der Waals surface area contributed by atoms with Gasteiger partial charge in [-0.2, -0.15) is 0 Å². The van der Waals surface area contributed by atoms with E-state index < -0.39 is 0 Å². The van der Waals surface area contributed by atoms with Gasteiger partial charge in [0.05, 0.1) is 12.1 Å². The number of ether oxygens (including phenoxy) is 1. The van der Waals surface area contributed by atoms with E-state index in [-0.39, 0.29) is 11.7 Å². The van der Waals surface area contributed by atoms with Crippen molar-refractivity contribution >= 4 is 17.4 Å². The minimum absolute atomic E-state index is 0.0737. The first-order valence-corrected chi connectivity index (χ1v) is 6.89. The second-order valence-electron chi connectivity index (χ2n) is 4.48. The van der Waals surface area contributed by atoms with Crippen molar-refractivity contribution in [3.8, 4) is 5.75 Å². The molecular weight excluding hydrogens is 248 g/mol. The van der Waals surface area contributed by atoms with Crippen molar-refractivity contribution in [2.24, 2.45) is 5.92 Å². The van der Waals surface area contributed by atoms with Crippen molar-refractivity contribution in [1.29, 1.82) is 0 Å². The molecule has 100 valence electrons. The summed E-state index contributed by atoms with van der Waals surface area (Å²) in [4.78, 5) is 12.5. The summed E-state index contributed by atoms with van der Waals surface area (Å²) in [6.45, 7) is 4.20. The van der Waals surface area contributed by atoms with Crippen LogP contribution in [0.5, 0.6) is 5.75 Å². The van der Waals surface area contributed by atoms with Crippen LogP contribution in [0.25, 0.3) is 0 Å². The molecule has 18 heavy (non-hydrogen) atoms. The summed E-state index contributed by atoms with van der Waals surface area (Å²) < 4.78 is 5.15. The molecule has 0 spiro atoms. The van der Waals surface area contributed by atoms with E-state index in [0.29, 0.717) is 16.3 Å². The van der Waals surface area contributed by atoms with Crippen molar-refractivity contribution in [3.63, 3.8) is 0 Å². The molecule has 0 radical (unpaired) electrons. The van der Waals surface area contributed by atoms with Gasteiger partial charge in [-0.05, 0) is 31.0 Å².